The average molecular weight is 286 g/mol. The van der Waals surface area contributed by atoms with E-state index < -0.39 is 15.9 Å². The predicted molar refractivity (Wildman–Crippen MR) is 69.0 cm³/mol. The normalized spacial score (nSPS) is 23.5. The zero-order valence-electron chi connectivity index (χ0n) is 10.9. The van der Waals surface area contributed by atoms with E-state index in [1.54, 1.807) is 0 Å². The van der Waals surface area contributed by atoms with Crippen LogP contribution in [-0.4, -0.2) is 30.6 Å². The van der Waals surface area contributed by atoms with Crippen molar-refractivity contribution in [3.63, 3.8) is 0 Å². The Labute approximate surface area is 112 Å². The second-order valence-electron chi connectivity index (χ2n) is 5.16. The third-order valence-corrected chi connectivity index (χ3v) is 4.49. The lowest BCUT2D eigenvalue weighted by atomic mass is 10.1. The molecule has 1 heterocycles. The van der Waals surface area contributed by atoms with Crippen LogP contribution in [0.3, 0.4) is 0 Å². The van der Waals surface area contributed by atoms with Crippen molar-refractivity contribution in [2.24, 2.45) is 11.1 Å². The van der Waals surface area contributed by atoms with Gasteiger partial charge in [0, 0.05) is 6.04 Å². The van der Waals surface area contributed by atoms with Gasteiger partial charge in [0.1, 0.15) is 4.90 Å². The van der Waals surface area contributed by atoms with Gasteiger partial charge in [-0.2, -0.15) is 5.10 Å². The monoisotopic (exact) mass is 286 g/mol. The Morgan fingerprint density at radius 2 is 2.16 bits per heavy atom. The fourth-order valence-corrected chi connectivity index (χ4v) is 3.39. The van der Waals surface area contributed by atoms with Gasteiger partial charge in [0.25, 0.3) is 5.91 Å². The Kier molecular flexibility index (Phi) is 3.64. The lowest BCUT2D eigenvalue weighted by Crippen LogP contribution is -2.34. The Hall–Kier alpha value is -1.41. The van der Waals surface area contributed by atoms with Crippen LogP contribution in [0, 0.1) is 12.8 Å². The first kappa shape index (κ1) is 14.0. The lowest BCUT2D eigenvalue weighted by Gasteiger charge is -2.11. The molecular weight excluding hydrogens is 268 g/mol. The van der Waals surface area contributed by atoms with Crippen LogP contribution in [0.1, 0.15) is 42.4 Å². The molecule has 0 aliphatic heterocycles. The molecule has 19 heavy (non-hydrogen) atoms. The molecular formula is C11H18N4O3S. The maximum absolute atomic E-state index is 12.1. The van der Waals surface area contributed by atoms with Crippen molar-refractivity contribution >= 4 is 15.9 Å². The number of H-pyrrole nitrogens is 1. The highest BCUT2D eigenvalue weighted by molar-refractivity contribution is 7.89. The van der Waals surface area contributed by atoms with E-state index in [1.807, 2.05) is 0 Å². The van der Waals surface area contributed by atoms with E-state index in [9.17, 15) is 13.2 Å². The topological polar surface area (TPSA) is 118 Å². The van der Waals surface area contributed by atoms with Gasteiger partial charge in [0.2, 0.25) is 10.0 Å². The van der Waals surface area contributed by atoms with Crippen LogP contribution in [0.2, 0.25) is 0 Å². The number of aryl methyl sites for hydroxylation is 1. The van der Waals surface area contributed by atoms with E-state index in [-0.39, 0.29) is 22.3 Å². The summed E-state index contributed by atoms with van der Waals surface area (Å²) in [6, 6.07) is 0.0767. The molecule has 7 nitrogen and oxygen atoms in total. The minimum atomic E-state index is -3.96. The molecule has 1 aliphatic rings. The van der Waals surface area contributed by atoms with Crippen LogP contribution in [0.15, 0.2) is 4.90 Å². The van der Waals surface area contributed by atoms with Crippen molar-refractivity contribution in [2.75, 3.05) is 0 Å². The first-order chi connectivity index (χ1) is 8.79. The van der Waals surface area contributed by atoms with Crippen molar-refractivity contribution < 1.29 is 13.2 Å². The number of carbonyl (C=O) groups excluding carboxylic acids is 1. The van der Waals surface area contributed by atoms with Crippen LogP contribution in [0.4, 0.5) is 0 Å². The summed E-state index contributed by atoms with van der Waals surface area (Å²) in [4.78, 5) is 11.8. The van der Waals surface area contributed by atoms with Crippen LogP contribution in [0.5, 0.6) is 0 Å². The van der Waals surface area contributed by atoms with Gasteiger partial charge in [-0.3, -0.25) is 9.89 Å². The van der Waals surface area contributed by atoms with E-state index in [1.165, 1.54) is 6.92 Å². The van der Waals surface area contributed by atoms with Gasteiger partial charge in [-0.05, 0) is 32.1 Å². The number of primary sulfonamides is 1. The Morgan fingerprint density at radius 1 is 1.47 bits per heavy atom. The highest BCUT2D eigenvalue weighted by atomic mass is 32.2. The largest absolute Gasteiger partial charge is 0.348 e. The number of amides is 1. The maximum Gasteiger partial charge on any atom is 0.273 e. The van der Waals surface area contributed by atoms with Crippen LogP contribution < -0.4 is 10.5 Å². The summed E-state index contributed by atoms with van der Waals surface area (Å²) in [7, 11) is -3.96. The molecule has 0 saturated heterocycles. The summed E-state index contributed by atoms with van der Waals surface area (Å²) in [6.07, 6.45) is 2.87. The molecule has 2 unspecified atom stereocenters. The van der Waals surface area contributed by atoms with Gasteiger partial charge >= 0.3 is 0 Å². The SMILES string of the molecule is Cc1[nH]nc(C(=O)NC2CCC(C)C2)c1S(N)(=O)=O. The standard InChI is InChI=1S/C11H18N4O3S/c1-6-3-4-8(5-6)13-11(16)9-10(19(12,17)18)7(2)14-15-9/h6,8H,3-5H2,1-2H3,(H,13,16)(H,14,15)(H2,12,17,18). The first-order valence-electron chi connectivity index (χ1n) is 6.17. The van der Waals surface area contributed by atoms with E-state index in [4.69, 9.17) is 5.14 Å². The number of rotatable bonds is 3. The quantitative estimate of drug-likeness (QED) is 0.739. The predicted octanol–water partition coefficient (Wildman–Crippen LogP) is 0.284. The summed E-state index contributed by atoms with van der Waals surface area (Å²) in [5.74, 6) is 0.0800. The third-order valence-electron chi connectivity index (χ3n) is 3.42. The summed E-state index contributed by atoms with van der Waals surface area (Å²) in [6.45, 7) is 3.64. The average Bonchev–Trinajstić information content (AvgIpc) is 2.84. The number of hydrogen-bond donors (Lipinski definition) is 3. The number of nitrogens with one attached hydrogen (secondary N) is 2. The summed E-state index contributed by atoms with van der Waals surface area (Å²) >= 11 is 0. The van der Waals surface area contributed by atoms with Gasteiger partial charge < -0.3 is 5.32 Å². The first-order valence-corrected chi connectivity index (χ1v) is 7.72. The number of aromatic nitrogens is 2. The fourth-order valence-electron chi connectivity index (χ4n) is 2.51. The molecule has 1 aliphatic carbocycles. The third kappa shape index (κ3) is 2.95. The minimum absolute atomic E-state index is 0.0767. The number of sulfonamides is 1. The molecule has 1 fully saturated rings. The van der Waals surface area contributed by atoms with Gasteiger partial charge in [-0.15, -0.1) is 0 Å². The highest BCUT2D eigenvalue weighted by Gasteiger charge is 2.29. The van der Waals surface area contributed by atoms with Gasteiger partial charge in [0.15, 0.2) is 5.69 Å². The molecule has 1 saturated carbocycles. The smallest absolute Gasteiger partial charge is 0.273 e. The Balaban J connectivity index is 2.21. The molecule has 0 radical (unpaired) electrons. The van der Waals surface area contributed by atoms with Crippen molar-refractivity contribution in [1.82, 2.24) is 15.5 Å². The molecule has 1 aromatic heterocycles. The zero-order valence-corrected chi connectivity index (χ0v) is 11.8. The van der Waals surface area contributed by atoms with E-state index >= 15 is 0 Å². The molecule has 2 rings (SSSR count). The summed E-state index contributed by atoms with van der Waals surface area (Å²) < 4.78 is 22.9. The molecule has 8 heteroatoms. The Morgan fingerprint density at radius 3 is 2.68 bits per heavy atom. The molecule has 0 bridgehead atoms. The van der Waals surface area contributed by atoms with E-state index in [0.717, 1.165) is 19.3 Å². The fraction of sp³-hybridized carbons (Fsp3) is 0.636. The van der Waals surface area contributed by atoms with Crippen molar-refractivity contribution in [3.05, 3.63) is 11.4 Å². The van der Waals surface area contributed by atoms with Crippen LogP contribution >= 0.6 is 0 Å². The van der Waals surface area contributed by atoms with Gasteiger partial charge in [-0.25, -0.2) is 13.6 Å². The molecule has 4 N–H and O–H groups in total. The Bertz CT molecular complexity index is 593. The summed E-state index contributed by atoms with van der Waals surface area (Å²) in [5, 5.41) is 14.1. The molecule has 2 atom stereocenters. The molecule has 1 aromatic rings. The minimum Gasteiger partial charge on any atom is -0.348 e. The summed E-state index contributed by atoms with van der Waals surface area (Å²) in [5.41, 5.74) is 0.118. The number of aromatic amines is 1. The van der Waals surface area contributed by atoms with Crippen molar-refractivity contribution in [2.45, 2.75) is 44.0 Å². The second kappa shape index (κ2) is 4.93. The van der Waals surface area contributed by atoms with Gasteiger partial charge in [0.05, 0.1) is 5.69 Å². The van der Waals surface area contributed by atoms with Crippen molar-refractivity contribution in [1.29, 1.82) is 0 Å². The second-order valence-corrected chi connectivity index (χ2v) is 6.66. The van der Waals surface area contributed by atoms with E-state index in [2.05, 4.69) is 22.4 Å². The number of nitrogens with zero attached hydrogens (tertiary/aromatic N) is 1. The maximum atomic E-state index is 12.1. The lowest BCUT2D eigenvalue weighted by molar-refractivity contribution is 0.0929. The van der Waals surface area contributed by atoms with E-state index in [0.29, 0.717) is 5.92 Å². The number of carbonyl (C=O) groups is 1. The van der Waals surface area contributed by atoms with Crippen LogP contribution in [0.25, 0.3) is 0 Å². The number of nitrogens with two attached hydrogens (primary N) is 1. The molecule has 0 spiro atoms. The number of hydrogen-bond acceptors (Lipinski definition) is 4. The van der Waals surface area contributed by atoms with Gasteiger partial charge in [-0.1, -0.05) is 6.92 Å². The zero-order chi connectivity index (χ0) is 14.2. The highest BCUT2D eigenvalue weighted by Crippen LogP contribution is 2.25. The van der Waals surface area contributed by atoms with Crippen LogP contribution in [-0.2, 0) is 10.0 Å². The molecule has 1 amide bonds. The van der Waals surface area contributed by atoms with Crippen molar-refractivity contribution in [3.8, 4) is 0 Å². The molecule has 106 valence electrons. The molecule has 0 aromatic carbocycles.